The second-order valence-electron chi connectivity index (χ2n) is 3.73. The number of nitrogen functional groups attached to an aromatic ring is 1. The molecule has 0 aliphatic heterocycles. The standard InChI is InChI=1S/C12H12N4O3/c1-19-11-7-6-10(16(17)18)12(15-11)14-9-4-2-8(13)3-5-9/h2-7H,13H2,1H3,(H,14,15). The van der Waals surface area contributed by atoms with Gasteiger partial charge in [0.05, 0.1) is 12.0 Å². The van der Waals surface area contributed by atoms with Crippen LogP contribution in [-0.4, -0.2) is 17.0 Å². The van der Waals surface area contributed by atoms with Crippen molar-refractivity contribution < 1.29 is 9.66 Å². The SMILES string of the molecule is COc1ccc([N+](=O)[O-])c(Nc2ccc(N)cc2)n1. The van der Waals surface area contributed by atoms with E-state index in [0.29, 0.717) is 17.3 Å². The first-order valence-electron chi connectivity index (χ1n) is 5.42. The number of ether oxygens (including phenoxy) is 1. The lowest BCUT2D eigenvalue weighted by molar-refractivity contribution is -0.384. The number of aromatic nitrogens is 1. The first-order valence-corrected chi connectivity index (χ1v) is 5.42. The van der Waals surface area contributed by atoms with E-state index in [4.69, 9.17) is 10.5 Å². The highest BCUT2D eigenvalue weighted by atomic mass is 16.6. The van der Waals surface area contributed by atoms with Crippen LogP contribution in [0.15, 0.2) is 36.4 Å². The lowest BCUT2D eigenvalue weighted by Crippen LogP contribution is -2.01. The van der Waals surface area contributed by atoms with Crippen LogP contribution < -0.4 is 15.8 Å². The van der Waals surface area contributed by atoms with Crippen LogP contribution in [0, 0.1) is 10.1 Å². The van der Waals surface area contributed by atoms with E-state index >= 15 is 0 Å². The van der Waals surface area contributed by atoms with Gasteiger partial charge in [0.25, 0.3) is 0 Å². The maximum atomic E-state index is 10.9. The highest BCUT2D eigenvalue weighted by Gasteiger charge is 2.16. The molecule has 0 saturated heterocycles. The van der Waals surface area contributed by atoms with Crippen molar-refractivity contribution >= 4 is 22.9 Å². The summed E-state index contributed by atoms with van der Waals surface area (Å²) < 4.78 is 4.95. The molecule has 0 amide bonds. The fraction of sp³-hybridized carbons (Fsp3) is 0.0833. The van der Waals surface area contributed by atoms with Gasteiger partial charge >= 0.3 is 5.69 Å². The third kappa shape index (κ3) is 2.89. The maximum Gasteiger partial charge on any atom is 0.311 e. The Morgan fingerprint density at radius 3 is 2.53 bits per heavy atom. The second kappa shape index (κ2) is 5.21. The van der Waals surface area contributed by atoms with E-state index < -0.39 is 4.92 Å². The van der Waals surface area contributed by atoms with Crippen molar-refractivity contribution in [1.82, 2.24) is 4.98 Å². The number of nitrogens with one attached hydrogen (secondary N) is 1. The molecular formula is C12H12N4O3. The van der Waals surface area contributed by atoms with Gasteiger partial charge in [-0.15, -0.1) is 0 Å². The number of hydrogen-bond acceptors (Lipinski definition) is 6. The monoisotopic (exact) mass is 260 g/mol. The number of benzene rings is 1. The molecule has 1 heterocycles. The molecule has 7 nitrogen and oxygen atoms in total. The number of pyridine rings is 1. The molecule has 0 aliphatic rings. The fourth-order valence-electron chi connectivity index (χ4n) is 1.49. The highest BCUT2D eigenvalue weighted by Crippen LogP contribution is 2.28. The van der Waals surface area contributed by atoms with Gasteiger partial charge in [0.15, 0.2) is 0 Å². The van der Waals surface area contributed by atoms with Crippen LogP contribution in [0.3, 0.4) is 0 Å². The lowest BCUT2D eigenvalue weighted by Gasteiger charge is -2.07. The van der Waals surface area contributed by atoms with Crippen molar-refractivity contribution in [2.24, 2.45) is 0 Å². The number of rotatable bonds is 4. The van der Waals surface area contributed by atoms with Crippen LogP contribution in [0.2, 0.25) is 0 Å². The summed E-state index contributed by atoms with van der Waals surface area (Å²) in [6.45, 7) is 0. The molecular weight excluding hydrogens is 248 g/mol. The maximum absolute atomic E-state index is 10.9. The zero-order valence-corrected chi connectivity index (χ0v) is 10.2. The van der Waals surface area contributed by atoms with Crippen LogP contribution in [0.1, 0.15) is 0 Å². The number of nitro groups is 1. The van der Waals surface area contributed by atoms with Crippen molar-refractivity contribution in [3.05, 3.63) is 46.5 Å². The molecule has 98 valence electrons. The van der Waals surface area contributed by atoms with Crippen molar-refractivity contribution in [2.75, 3.05) is 18.2 Å². The summed E-state index contributed by atoms with van der Waals surface area (Å²) in [7, 11) is 1.45. The minimum atomic E-state index is -0.508. The Bertz CT molecular complexity index is 598. The largest absolute Gasteiger partial charge is 0.481 e. The van der Waals surface area contributed by atoms with Gasteiger partial charge in [0, 0.05) is 23.5 Å². The predicted octanol–water partition coefficient (Wildman–Crippen LogP) is 2.32. The Balaban J connectivity index is 2.36. The predicted molar refractivity (Wildman–Crippen MR) is 71.6 cm³/mol. The van der Waals surface area contributed by atoms with Gasteiger partial charge in [-0.1, -0.05) is 0 Å². The first kappa shape index (κ1) is 12.6. The Morgan fingerprint density at radius 1 is 1.26 bits per heavy atom. The molecule has 0 unspecified atom stereocenters. The van der Waals surface area contributed by atoms with Gasteiger partial charge in [-0.3, -0.25) is 10.1 Å². The van der Waals surface area contributed by atoms with Gasteiger partial charge in [-0.2, -0.15) is 4.98 Å². The van der Waals surface area contributed by atoms with E-state index in [1.54, 1.807) is 24.3 Å². The number of methoxy groups -OCH3 is 1. The zero-order chi connectivity index (χ0) is 13.8. The Hall–Kier alpha value is -2.83. The average molecular weight is 260 g/mol. The van der Waals surface area contributed by atoms with Crippen molar-refractivity contribution in [3.8, 4) is 5.88 Å². The molecule has 1 aromatic heterocycles. The van der Waals surface area contributed by atoms with Gasteiger partial charge < -0.3 is 15.8 Å². The lowest BCUT2D eigenvalue weighted by atomic mass is 10.3. The summed E-state index contributed by atoms with van der Waals surface area (Å²) in [6, 6.07) is 9.57. The van der Waals surface area contributed by atoms with E-state index in [0.717, 1.165) is 0 Å². The molecule has 3 N–H and O–H groups in total. The van der Waals surface area contributed by atoms with Gasteiger partial charge in [-0.25, -0.2) is 0 Å². The number of anilines is 3. The molecule has 0 aliphatic carbocycles. The van der Waals surface area contributed by atoms with Crippen molar-refractivity contribution in [3.63, 3.8) is 0 Å². The van der Waals surface area contributed by atoms with Gasteiger partial charge in [-0.05, 0) is 24.3 Å². The van der Waals surface area contributed by atoms with E-state index in [1.165, 1.54) is 19.2 Å². The van der Waals surface area contributed by atoms with Crippen LogP contribution in [0.25, 0.3) is 0 Å². The van der Waals surface area contributed by atoms with Crippen molar-refractivity contribution in [1.29, 1.82) is 0 Å². The zero-order valence-electron chi connectivity index (χ0n) is 10.2. The van der Waals surface area contributed by atoms with Crippen LogP contribution in [0.4, 0.5) is 22.9 Å². The molecule has 0 saturated carbocycles. The van der Waals surface area contributed by atoms with Gasteiger partial charge in [0.1, 0.15) is 0 Å². The molecule has 2 aromatic rings. The third-order valence-electron chi connectivity index (χ3n) is 2.43. The Kier molecular flexibility index (Phi) is 3.46. The quantitative estimate of drug-likeness (QED) is 0.496. The summed E-state index contributed by atoms with van der Waals surface area (Å²) in [5, 5.41) is 13.8. The first-order chi connectivity index (χ1) is 9.10. The Labute approximate surface area is 109 Å². The summed E-state index contributed by atoms with van der Waals surface area (Å²) in [4.78, 5) is 14.4. The van der Waals surface area contributed by atoms with Crippen LogP contribution in [0.5, 0.6) is 5.88 Å². The minimum absolute atomic E-state index is 0.120. The summed E-state index contributed by atoms with van der Waals surface area (Å²) in [5.41, 5.74) is 6.71. The van der Waals surface area contributed by atoms with Crippen LogP contribution in [-0.2, 0) is 0 Å². The molecule has 2 rings (SSSR count). The third-order valence-corrected chi connectivity index (χ3v) is 2.43. The van der Waals surface area contributed by atoms with E-state index in [2.05, 4.69) is 10.3 Å². The van der Waals surface area contributed by atoms with E-state index in [1.807, 2.05) is 0 Å². The summed E-state index contributed by atoms with van der Waals surface area (Å²) in [6.07, 6.45) is 0. The van der Waals surface area contributed by atoms with E-state index in [9.17, 15) is 10.1 Å². The number of nitrogens with zero attached hydrogens (tertiary/aromatic N) is 2. The normalized spacial score (nSPS) is 9.95. The second-order valence-corrected chi connectivity index (χ2v) is 3.73. The topological polar surface area (TPSA) is 103 Å². The summed E-state index contributed by atoms with van der Waals surface area (Å²) in [5.74, 6) is 0.415. The molecule has 7 heteroatoms. The molecule has 1 aromatic carbocycles. The number of nitrogens with two attached hydrogens (primary N) is 1. The van der Waals surface area contributed by atoms with Crippen LogP contribution >= 0.6 is 0 Å². The minimum Gasteiger partial charge on any atom is -0.481 e. The highest BCUT2D eigenvalue weighted by molar-refractivity contribution is 5.67. The molecule has 0 fully saturated rings. The smallest absolute Gasteiger partial charge is 0.311 e. The van der Waals surface area contributed by atoms with Crippen molar-refractivity contribution in [2.45, 2.75) is 0 Å². The van der Waals surface area contributed by atoms with E-state index in [-0.39, 0.29) is 11.5 Å². The molecule has 0 radical (unpaired) electrons. The molecule has 0 bridgehead atoms. The van der Waals surface area contributed by atoms with Gasteiger partial charge in [0.2, 0.25) is 11.7 Å². The molecule has 0 spiro atoms. The fourth-order valence-corrected chi connectivity index (χ4v) is 1.49. The number of hydrogen-bond donors (Lipinski definition) is 2. The molecule has 0 atom stereocenters. The Morgan fingerprint density at radius 2 is 1.95 bits per heavy atom. The average Bonchev–Trinajstić information content (AvgIpc) is 2.41. The molecule has 19 heavy (non-hydrogen) atoms. The summed E-state index contributed by atoms with van der Waals surface area (Å²) >= 11 is 0.